The van der Waals surface area contributed by atoms with E-state index in [-0.39, 0.29) is 6.03 Å². The molecule has 2 N–H and O–H groups in total. The third-order valence-corrected chi connectivity index (χ3v) is 4.18. The van der Waals surface area contributed by atoms with Gasteiger partial charge in [0.2, 0.25) is 0 Å². The molecule has 0 saturated carbocycles. The third kappa shape index (κ3) is 3.90. The van der Waals surface area contributed by atoms with Gasteiger partial charge in [0.05, 0.1) is 0 Å². The maximum atomic E-state index is 12.2. The Balaban J connectivity index is 1.88. The number of rotatable bonds is 3. The van der Waals surface area contributed by atoms with Crippen molar-refractivity contribution in [3.63, 3.8) is 0 Å². The summed E-state index contributed by atoms with van der Waals surface area (Å²) in [5, 5.41) is 11.8. The molecule has 6 heteroatoms. The molecule has 22 heavy (non-hydrogen) atoms. The highest BCUT2D eigenvalue weighted by Gasteiger charge is 2.23. The van der Waals surface area contributed by atoms with E-state index in [4.69, 9.17) is 5.11 Å². The molecule has 3 amide bonds. The van der Waals surface area contributed by atoms with Crippen molar-refractivity contribution < 1.29 is 14.7 Å². The molecule has 1 aromatic carbocycles. The first-order valence-corrected chi connectivity index (χ1v) is 7.65. The number of urea groups is 1. The average Bonchev–Trinajstić information content (AvgIpc) is 2.54. The minimum absolute atomic E-state index is 0.179. The van der Waals surface area contributed by atoms with Gasteiger partial charge in [-0.1, -0.05) is 26.0 Å². The van der Waals surface area contributed by atoms with Crippen molar-refractivity contribution in [2.45, 2.75) is 26.2 Å². The number of carbonyl (C=O) groups is 2. The fraction of sp³-hybridized carbons (Fsp3) is 0.500. The smallest absolute Gasteiger partial charge is 0.407 e. The normalized spacial score (nSPS) is 16.3. The molecule has 0 spiro atoms. The zero-order valence-corrected chi connectivity index (χ0v) is 13.1. The predicted molar refractivity (Wildman–Crippen MR) is 85.3 cm³/mol. The van der Waals surface area contributed by atoms with Crippen LogP contribution >= 0.6 is 0 Å². The van der Waals surface area contributed by atoms with E-state index in [1.807, 2.05) is 24.3 Å². The van der Waals surface area contributed by atoms with Crippen LogP contribution in [-0.2, 0) is 0 Å². The molecule has 1 saturated heterocycles. The Labute approximate surface area is 130 Å². The molecular formula is C16H23N3O3. The topological polar surface area (TPSA) is 72.9 Å². The van der Waals surface area contributed by atoms with Gasteiger partial charge in [-0.05, 0) is 30.0 Å². The first-order chi connectivity index (χ1) is 10.5. The maximum absolute atomic E-state index is 12.2. The summed E-state index contributed by atoms with van der Waals surface area (Å²) in [6, 6.07) is 7.71. The standard InChI is InChI=1S/C16H23N3O3/c1-3-12(2)13-4-6-14(7-5-13)17-15(20)18-8-10-19(11-9-18)16(21)22/h4-7,12H,3,8-11H2,1-2H3,(H,17,20)(H,21,22). The van der Waals surface area contributed by atoms with Crippen molar-refractivity contribution in [1.82, 2.24) is 9.80 Å². The van der Waals surface area contributed by atoms with Crippen molar-refractivity contribution in [2.75, 3.05) is 31.5 Å². The molecule has 1 aromatic rings. The van der Waals surface area contributed by atoms with Gasteiger partial charge in [-0.25, -0.2) is 9.59 Å². The lowest BCUT2D eigenvalue weighted by atomic mass is 9.99. The molecule has 1 fully saturated rings. The van der Waals surface area contributed by atoms with Crippen molar-refractivity contribution in [1.29, 1.82) is 0 Å². The molecule has 6 nitrogen and oxygen atoms in total. The summed E-state index contributed by atoms with van der Waals surface area (Å²) < 4.78 is 0. The van der Waals surface area contributed by atoms with Crippen molar-refractivity contribution in [3.8, 4) is 0 Å². The van der Waals surface area contributed by atoms with Gasteiger partial charge in [-0.2, -0.15) is 0 Å². The molecule has 0 aromatic heterocycles. The summed E-state index contributed by atoms with van der Waals surface area (Å²) in [6.07, 6.45) is 0.153. The van der Waals surface area contributed by atoms with Crippen LogP contribution in [0.5, 0.6) is 0 Å². The Morgan fingerprint density at radius 1 is 1.14 bits per heavy atom. The highest BCUT2D eigenvalue weighted by Crippen LogP contribution is 2.20. The van der Waals surface area contributed by atoms with Crippen molar-refractivity contribution in [2.24, 2.45) is 0 Å². The number of amides is 3. The second-order valence-electron chi connectivity index (χ2n) is 5.62. The second-order valence-corrected chi connectivity index (χ2v) is 5.62. The molecule has 1 heterocycles. The van der Waals surface area contributed by atoms with Crippen molar-refractivity contribution >= 4 is 17.8 Å². The molecule has 1 aliphatic rings. The summed E-state index contributed by atoms with van der Waals surface area (Å²) in [5.74, 6) is 0.508. The van der Waals surface area contributed by atoms with Gasteiger partial charge in [0.15, 0.2) is 0 Å². The van der Waals surface area contributed by atoms with Crippen LogP contribution < -0.4 is 5.32 Å². The van der Waals surface area contributed by atoms with Gasteiger partial charge >= 0.3 is 12.1 Å². The molecule has 0 radical (unpaired) electrons. The third-order valence-electron chi connectivity index (χ3n) is 4.18. The number of nitrogens with one attached hydrogen (secondary N) is 1. The summed E-state index contributed by atoms with van der Waals surface area (Å²) >= 11 is 0. The van der Waals surface area contributed by atoms with Crippen LogP contribution in [0.1, 0.15) is 31.7 Å². The van der Waals surface area contributed by atoms with Crippen LogP contribution in [-0.4, -0.2) is 53.2 Å². The molecule has 120 valence electrons. The monoisotopic (exact) mass is 305 g/mol. The lowest BCUT2D eigenvalue weighted by molar-refractivity contribution is 0.115. The molecule has 0 aliphatic carbocycles. The maximum Gasteiger partial charge on any atom is 0.407 e. The van der Waals surface area contributed by atoms with Gasteiger partial charge in [0, 0.05) is 31.9 Å². The largest absolute Gasteiger partial charge is 0.465 e. The molecule has 1 atom stereocenters. The van der Waals surface area contributed by atoms with Gasteiger partial charge in [0.25, 0.3) is 0 Å². The second kappa shape index (κ2) is 7.15. The summed E-state index contributed by atoms with van der Waals surface area (Å²) in [7, 11) is 0. The zero-order valence-electron chi connectivity index (χ0n) is 13.1. The highest BCUT2D eigenvalue weighted by atomic mass is 16.4. The summed E-state index contributed by atoms with van der Waals surface area (Å²) in [5.41, 5.74) is 2.02. The van der Waals surface area contributed by atoms with E-state index in [0.717, 1.165) is 12.1 Å². The lowest BCUT2D eigenvalue weighted by Gasteiger charge is -2.33. The molecule has 0 bridgehead atoms. The minimum atomic E-state index is -0.930. The Kier molecular flexibility index (Phi) is 5.25. The van der Waals surface area contributed by atoms with Crippen LogP contribution in [0.3, 0.4) is 0 Å². The SMILES string of the molecule is CCC(C)c1ccc(NC(=O)N2CCN(C(=O)O)CC2)cc1. The quantitative estimate of drug-likeness (QED) is 0.901. The number of hydrogen-bond donors (Lipinski definition) is 2. The Hall–Kier alpha value is -2.24. The fourth-order valence-electron chi connectivity index (χ4n) is 2.43. The van der Waals surface area contributed by atoms with E-state index >= 15 is 0 Å². The van der Waals surface area contributed by atoms with E-state index in [1.165, 1.54) is 10.5 Å². The zero-order chi connectivity index (χ0) is 16.1. The number of nitrogens with zero attached hydrogens (tertiary/aromatic N) is 2. The van der Waals surface area contributed by atoms with Crippen molar-refractivity contribution in [3.05, 3.63) is 29.8 Å². The van der Waals surface area contributed by atoms with E-state index < -0.39 is 6.09 Å². The first kappa shape index (κ1) is 16.1. The lowest BCUT2D eigenvalue weighted by Crippen LogP contribution is -2.51. The van der Waals surface area contributed by atoms with Crippen LogP contribution in [0.15, 0.2) is 24.3 Å². The number of carbonyl (C=O) groups excluding carboxylic acids is 1. The van der Waals surface area contributed by atoms with Gasteiger partial charge < -0.3 is 20.2 Å². The van der Waals surface area contributed by atoms with Gasteiger partial charge in [-0.3, -0.25) is 0 Å². The molecule has 1 unspecified atom stereocenters. The van der Waals surface area contributed by atoms with E-state index in [9.17, 15) is 9.59 Å². The number of piperazine rings is 1. The Morgan fingerprint density at radius 2 is 1.68 bits per heavy atom. The number of benzene rings is 1. The molecule has 2 rings (SSSR count). The summed E-state index contributed by atoms with van der Waals surface area (Å²) in [4.78, 5) is 26.0. The fourth-order valence-corrected chi connectivity index (χ4v) is 2.43. The number of hydrogen-bond acceptors (Lipinski definition) is 2. The minimum Gasteiger partial charge on any atom is -0.465 e. The Bertz CT molecular complexity index is 522. The highest BCUT2D eigenvalue weighted by molar-refractivity contribution is 5.89. The average molecular weight is 305 g/mol. The number of anilines is 1. The van der Waals surface area contributed by atoms with E-state index in [0.29, 0.717) is 32.1 Å². The van der Waals surface area contributed by atoms with Crippen LogP contribution in [0.4, 0.5) is 15.3 Å². The van der Waals surface area contributed by atoms with E-state index in [2.05, 4.69) is 19.2 Å². The molecular weight excluding hydrogens is 282 g/mol. The van der Waals surface area contributed by atoms with Crippen LogP contribution in [0.2, 0.25) is 0 Å². The Morgan fingerprint density at radius 3 is 2.18 bits per heavy atom. The molecule has 1 aliphatic heterocycles. The predicted octanol–water partition coefficient (Wildman–Crippen LogP) is 3.03. The summed E-state index contributed by atoms with van der Waals surface area (Å²) in [6.45, 7) is 5.88. The van der Waals surface area contributed by atoms with Gasteiger partial charge in [0.1, 0.15) is 0 Å². The van der Waals surface area contributed by atoms with E-state index in [1.54, 1.807) is 4.90 Å². The number of carboxylic acid groups (broad SMARTS) is 1. The first-order valence-electron chi connectivity index (χ1n) is 7.65. The van der Waals surface area contributed by atoms with Crippen LogP contribution in [0.25, 0.3) is 0 Å². The van der Waals surface area contributed by atoms with Crippen LogP contribution in [0, 0.1) is 0 Å². The van der Waals surface area contributed by atoms with Gasteiger partial charge in [-0.15, -0.1) is 0 Å².